The van der Waals surface area contributed by atoms with Gasteiger partial charge in [0.25, 0.3) is 0 Å². The third-order valence-corrected chi connectivity index (χ3v) is 3.62. The van der Waals surface area contributed by atoms with Gasteiger partial charge in [-0.1, -0.05) is 48.0 Å². The van der Waals surface area contributed by atoms with Gasteiger partial charge in [0.15, 0.2) is 5.78 Å². The molecule has 0 spiro atoms. The number of carbonyl (C=O) groups excluding carboxylic acids is 1. The number of benzene rings is 2. The highest BCUT2D eigenvalue weighted by Crippen LogP contribution is 2.23. The van der Waals surface area contributed by atoms with Crippen molar-refractivity contribution in [3.63, 3.8) is 0 Å². The summed E-state index contributed by atoms with van der Waals surface area (Å²) < 4.78 is 0. The van der Waals surface area contributed by atoms with Gasteiger partial charge in [-0.2, -0.15) is 0 Å². The van der Waals surface area contributed by atoms with E-state index in [1.165, 1.54) is 5.56 Å². The molecule has 19 heavy (non-hydrogen) atoms. The van der Waals surface area contributed by atoms with Crippen LogP contribution in [0.1, 0.15) is 21.5 Å². The number of carbonyl (C=O) groups is 1. The Morgan fingerprint density at radius 1 is 1.05 bits per heavy atom. The summed E-state index contributed by atoms with van der Waals surface area (Å²) in [7, 11) is 0. The Morgan fingerprint density at radius 3 is 2.63 bits per heavy atom. The van der Waals surface area contributed by atoms with Crippen LogP contribution in [0.15, 0.2) is 48.5 Å². The predicted octanol–water partition coefficient (Wildman–Crippen LogP) is 3.54. The van der Waals surface area contributed by atoms with Crippen molar-refractivity contribution >= 4 is 17.4 Å². The number of fused-ring (bicyclic) bond motifs is 1. The highest BCUT2D eigenvalue weighted by atomic mass is 35.5. The molecule has 0 atom stereocenters. The molecular formula is C16H14ClNO. The molecule has 0 radical (unpaired) electrons. The molecule has 96 valence electrons. The first-order chi connectivity index (χ1) is 9.22. The maximum Gasteiger partial charge on any atom is 0.177 e. The van der Waals surface area contributed by atoms with Crippen LogP contribution < -0.4 is 0 Å². The van der Waals surface area contributed by atoms with Gasteiger partial charge in [-0.05, 0) is 23.3 Å². The first-order valence-corrected chi connectivity index (χ1v) is 6.68. The van der Waals surface area contributed by atoms with Crippen molar-refractivity contribution in [1.29, 1.82) is 0 Å². The van der Waals surface area contributed by atoms with Gasteiger partial charge in [0, 0.05) is 23.7 Å². The number of halogens is 1. The molecule has 2 aromatic carbocycles. The molecule has 0 aromatic heterocycles. The molecular weight excluding hydrogens is 258 g/mol. The third kappa shape index (κ3) is 2.70. The monoisotopic (exact) mass is 271 g/mol. The standard InChI is InChI=1S/C16H14ClNO/c17-14-7-6-13-10-18(11-16(19)15(13)8-14)9-12-4-2-1-3-5-12/h1-8H,9-11H2. The van der Waals surface area contributed by atoms with Crippen LogP contribution in [0.3, 0.4) is 0 Å². The molecule has 0 bridgehead atoms. The predicted molar refractivity (Wildman–Crippen MR) is 76.3 cm³/mol. The highest BCUT2D eigenvalue weighted by Gasteiger charge is 2.23. The van der Waals surface area contributed by atoms with Crippen molar-refractivity contribution in [2.45, 2.75) is 13.1 Å². The molecule has 0 saturated carbocycles. The summed E-state index contributed by atoms with van der Waals surface area (Å²) >= 11 is 5.94. The van der Waals surface area contributed by atoms with Gasteiger partial charge in [-0.15, -0.1) is 0 Å². The first-order valence-electron chi connectivity index (χ1n) is 6.30. The molecule has 0 unspecified atom stereocenters. The van der Waals surface area contributed by atoms with Gasteiger partial charge in [-0.25, -0.2) is 0 Å². The summed E-state index contributed by atoms with van der Waals surface area (Å²) in [6, 6.07) is 15.8. The fourth-order valence-corrected chi connectivity index (χ4v) is 2.66. The quantitative estimate of drug-likeness (QED) is 0.833. The van der Waals surface area contributed by atoms with Crippen LogP contribution in [-0.4, -0.2) is 17.2 Å². The number of ketones is 1. The minimum atomic E-state index is 0.152. The van der Waals surface area contributed by atoms with Crippen molar-refractivity contribution in [1.82, 2.24) is 4.90 Å². The van der Waals surface area contributed by atoms with Gasteiger partial charge in [0.2, 0.25) is 0 Å². The maximum absolute atomic E-state index is 12.1. The van der Waals surface area contributed by atoms with E-state index < -0.39 is 0 Å². The van der Waals surface area contributed by atoms with Crippen LogP contribution in [0.4, 0.5) is 0 Å². The molecule has 3 heteroatoms. The van der Waals surface area contributed by atoms with E-state index in [0.29, 0.717) is 11.6 Å². The number of nitrogens with zero attached hydrogens (tertiary/aromatic N) is 1. The van der Waals surface area contributed by atoms with E-state index in [-0.39, 0.29) is 5.78 Å². The number of rotatable bonds is 2. The Kier molecular flexibility index (Phi) is 3.36. The lowest BCUT2D eigenvalue weighted by molar-refractivity contribution is 0.0894. The van der Waals surface area contributed by atoms with Crippen LogP contribution in [0.5, 0.6) is 0 Å². The van der Waals surface area contributed by atoms with E-state index in [9.17, 15) is 4.79 Å². The second kappa shape index (κ2) is 5.16. The Bertz CT molecular complexity index is 609. The molecule has 3 rings (SSSR count). The highest BCUT2D eigenvalue weighted by molar-refractivity contribution is 6.31. The van der Waals surface area contributed by atoms with Gasteiger partial charge < -0.3 is 0 Å². The first kappa shape index (κ1) is 12.4. The fraction of sp³-hybridized carbons (Fsp3) is 0.188. The summed E-state index contributed by atoms with van der Waals surface area (Å²) in [5.41, 5.74) is 3.07. The lowest BCUT2D eigenvalue weighted by Gasteiger charge is -2.27. The van der Waals surface area contributed by atoms with E-state index >= 15 is 0 Å². The number of Topliss-reactive ketones (excluding diaryl/α,β-unsaturated/α-hetero) is 1. The van der Waals surface area contributed by atoms with Gasteiger partial charge in [-0.3, -0.25) is 9.69 Å². The van der Waals surface area contributed by atoms with E-state index in [0.717, 1.165) is 24.2 Å². The average molecular weight is 272 g/mol. The Balaban J connectivity index is 1.82. The summed E-state index contributed by atoms with van der Waals surface area (Å²) in [5.74, 6) is 0.152. The molecule has 1 aliphatic rings. The van der Waals surface area contributed by atoms with Crippen molar-refractivity contribution in [2.75, 3.05) is 6.54 Å². The van der Waals surface area contributed by atoms with Crippen molar-refractivity contribution in [3.05, 3.63) is 70.2 Å². The smallest absolute Gasteiger partial charge is 0.177 e. The van der Waals surface area contributed by atoms with Crippen molar-refractivity contribution in [3.8, 4) is 0 Å². The summed E-state index contributed by atoms with van der Waals surface area (Å²) in [6.45, 7) is 2.06. The topological polar surface area (TPSA) is 20.3 Å². The van der Waals surface area contributed by atoms with E-state index in [2.05, 4.69) is 17.0 Å². The molecule has 2 nitrogen and oxygen atoms in total. The second-order valence-corrected chi connectivity index (χ2v) is 5.29. The van der Waals surface area contributed by atoms with E-state index in [1.807, 2.05) is 30.3 Å². The molecule has 2 aromatic rings. The van der Waals surface area contributed by atoms with Gasteiger partial charge in [0.1, 0.15) is 0 Å². The van der Waals surface area contributed by atoms with E-state index in [1.54, 1.807) is 6.07 Å². The largest absolute Gasteiger partial charge is 0.293 e. The lowest BCUT2D eigenvalue weighted by atomic mass is 9.98. The fourth-order valence-electron chi connectivity index (χ4n) is 2.48. The van der Waals surface area contributed by atoms with Gasteiger partial charge >= 0.3 is 0 Å². The van der Waals surface area contributed by atoms with Crippen LogP contribution >= 0.6 is 11.6 Å². The minimum Gasteiger partial charge on any atom is -0.293 e. The lowest BCUT2D eigenvalue weighted by Crippen LogP contribution is -2.34. The molecule has 0 fully saturated rings. The summed E-state index contributed by atoms with van der Waals surface area (Å²) in [4.78, 5) is 14.3. The normalized spacial score (nSPS) is 15.3. The number of hydrogen-bond acceptors (Lipinski definition) is 2. The maximum atomic E-state index is 12.1. The Morgan fingerprint density at radius 2 is 1.84 bits per heavy atom. The van der Waals surface area contributed by atoms with Crippen LogP contribution in [0, 0.1) is 0 Å². The molecule has 0 N–H and O–H groups in total. The van der Waals surface area contributed by atoms with Crippen LogP contribution in [-0.2, 0) is 13.1 Å². The average Bonchev–Trinajstić information content (AvgIpc) is 2.41. The molecule has 0 saturated heterocycles. The van der Waals surface area contributed by atoms with Crippen LogP contribution in [0.2, 0.25) is 5.02 Å². The van der Waals surface area contributed by atoms with Crippen molar-refractivity contribution in [2.24, 2.45) is 0 Å². The van der Waals surface area contributed by atoms with E-state index in [4.69, 9.17) is 11.6 Å². The zero-order valence-electron chi connectivity index (χ0n) is 10.5. The second-order valence-electron chi connectivity index (χ2n) is 4.86. The molecule has 1 heterocycles. The summed E-state index contributed by atoms with van der Waals surface area (Å²) in [6.07, 6.45) is 0. The zero-order valence-corrected chi connectivity index (χ0v) is 11.2. The molecule has 0 amide bonds. The van der Waals surface area contributed by atoms with Gasteiger partial charge in [0.05, 0.1) is 6.54 Å². The third-order valence-electron chi connectivity index (χ3n) is 3.38. The summed E-state index contributed by atoms with van der Waals surface area (Å²) in [5, 5.41) is 0.628. The molecule has 1 aliphatic heterocycles. The number of hydrogen-bond donors (Lipinski definition) is 0. The van der Waals surface area contributed by atoms with Crippen LogP contribution in [0.25, 0.3) is 0 Å². The Hall–Kier alpha value is -1.64. The minimum absolute atomic E-state index is 0.152. The van der Waals surface area contributed by atoms with Crippen molar-refractivity contribution < 1.29 is 4.79 Å². The Labute approximate surface area is 117 Å². The SMILES string of the molecule is O=C1CN(Cc2ccccc2)Cc2ccc(Cl)cc21. The zero-order chi connectivity index (χ0) is 13.2. The molecule has 0 aliphatic carbocycles.